The van der Waals surface area contributed by atoms with Crippen molar-refractivity contribution in [2.24, 2.45) is 0 Å². The molecule has 0 aliphatic heterocycles. The minimum Gasteiger partial charge on any atom is -0.507 e. The van der Waals surface area contributed by atoms with Crippen LogP contribution in [0.1, 0.15) is 40.1 Å². The Morgan fingerprint density at radius 2 is 1.75 bits per heavy atom. The Morgan fingerprint density at radius 3 is 2.35 bits per heavy atom. The number of hydrogen-bond acceptors (Lipinski definition) is 4. The number of ketones is 1. The molecule has 1 atom stereocenters. The van der Waals surface area contributed by atoms with Gasteiger partial charge in [0.25, 0.3) is 0 Å². The normalized spacial score (nSPS) is 12.2. The quantitative estimate of drug-likeness (QED) is 0.872. The van der Waals surface area contributed by atoms with Crippen LogP contribution in [-0.2, 0) is 0 Å². The molecule has 0 bridgehead atoms. The Hall–Kier alpha value is -2.36. The van der Waals surface area contributed by atoms with Gasteiger partial charge in [-0.1, -0.05) is 30.3 Å². The zero-order chi connectivity index (χ0) is 14.9. The molecule has 1 heterocycles. The lowest BCUT2D eigenvalue weighted by atomic mass is 9.94. The Kier molecular flexibility index (Phi) is 3.74. The maximum Gasteiger partial charge on any atom is 0.342 e. The molecule has 4 heteroatoms. The topological polar surface area (TPSA) is 67.5 Å². The summed E-state index contributed by atoms with van der Waals surface area (Å²) < 4.78 is 5.19. The van der Waals surface area contributed by atoms with Crippen molar-refractivity contribution in [1.82, 2.24) is 0 Å². The summed E-state index contributed by atoms with van der Waals surface area (Å²) in [5.74, 6) is -0.674. The van der Waals surface area contributed by atoms with E-state index < -0.39 is 11.5 Å². The lowest BCUT2D eigenvalue weighted by molar-refractivity contribution is 0.0955. The van der Waals surface area contributed by atoms with E-state index in [-0.39, 0.29) is 22.9 Å². The lowest BCUT2D eigenvalue weighted by Gasteiger charge is -2.13. The highest BCUT2D eigenvalue weighted by Gasteiger charge is 2.24. The summed E-state index contributed by atoms with van der Waals surface area (Å²) in [7, 11) is 0. The first-order valence-corrected chi connectivity index (χ1v) is 6.36. The molecule has 1 unspecified atom stereocenters. The summed E-state index contributed by atoms with van der Waals surface area (Å²) in [6.45, 7) is 4.78. The van der Waals surface area contributed by atoms with Crippen LogP contribution in [-0.4, -0.2) is 10.9 Å². The van der Waals surface area contributed by atoms with Crippen LogP contribution in [0.15, 0.2) is 39.5 Å². The minimum atomic E-state index is -0.628. The van der Waals surface area contributed by atoms with Crippen LogP contribution in [0, 0.1) is 13.8 Å². The number of carbonyl (C=O) groups excluding carboxylic acids is 1. The number of benzene rings is 1. The molecule has 1 N–H and O–H groups in total. The van der Waals surface area contributed by atoms with E-state index in [0.29, 0.717) is 11.1 Å². The Labute approximate surface area is 116 Å². The molecule has 0 aliphatic carbocycles. The van der Waals surface area contributed by atoms with Gasteiger partial charge in [0.2, 0.25) is 0 Å². The monoisotopic (exact) mass is 272 g/mol. The van der Waals surface area contributed by atoms with Crippen LogP contribution in [0.2, 0.25) is 0 Å². The summed E-state index contributed by atoms with van der Waals surface area (Å²) in [5.41, 5.74) is 0.516. The molecule has 4 nitrogen and oxygen atoms in total. The third-order valence-electron chi connectivity index (χ3n) is 3.43. The first-order valence-electron chi connectivity index (χ1n) is 6.36. The Bertz CT molecular complexity index is 698. The number of carbonyl (C=O) groups is 1. The molecular formula is C16H16O4. The van der Waals surface area contributed by atoms with E-state index in [1.54, 1.807) is 38.1 Å². The average Bonchev–Trinajstić information content (AvgIpc) is 2.48. The smallest absolute Gasteiger partial charge is 0.342 e. The molecule has 2 aromatic rings. The molecule has 2 rings (SSSR count). The standard InChI is InChI=1S/C16H16O4/c1-9-13(17)11(3)16(19)20-15(9)10(2)14(18)12-7-5-4-6-8-12/h4-8,10,17H,1-3H3. The van der Waals surface area contributed by atoms with E-state index in [0.717, 1.165) is 0 Å². The minimum absolute atomic E-state index is 0.107. The fourth-order valence-corrected chi connectivity index (χ4v) is 2.13. The molecule has 0 saturated heterocycles. The van der Waals surface area contributed by atoms with Gasteiger partial charge in [0.15, 0.2) is 5.78 Å². The van der Waals surface area contributed by atoms with Crippen molar-refractivity contribution in [3.63, 3.8) is 0 Å². The first kappa shape index (κ1) is 14.1. The fourth-order valence-electron chi connectivity index (χ4n) is 2.13. The van der Waals surface area contributed by atoms with Gasteiger partial charge in [-0.05, 0) is 20.8 Å². The maximum atomic E-state index is 12.4. The molecule has 0 saturated carbocycles. The zero-order valence-electron chi connectivity index (χ0n) is 11.6. The van der Waals surface area contributed by atoms with Crippen LogP contribution >= 0.6 is 0 Å². The summed E-state index contributed by atoms with van der Waals surface area (Å²) in [6, 6.07) is 8.79. The van der Waals surface area contributed by atoms with Gasteiger partial charge >= 0.3 is 5.63 Å². The van der Waals surface area contributed by atoms with Gasteiger partial charge in [-0.3, -0.25) is 4.79 Å². The van der Waals surface area contributed by atoms with Crippen LogP contribution < -0.4 is 5.63 Å². The van der Waals surface area contributed by atoms with Gasteiger partial charge in [-0.2, -0.15) is 0 Å². The van der Waals surface area contributed by atoms with Crippen molar-refractivity contribution in [3.8, 4) is 5.75 Å². The molecule has 20 heavy (non-hydrogen) atoms. The van der Waals surface area contributed by atoms with Gasteiger partial charge in [-0.15, -0.1) is 0 Å². The van der Waals surface area contributed by atoms with Gasteiger partial charge in [0, 0.05) is 11.1 Å². The number of Topliss-reactive ketones (excluding diaryl/α,β-unsaturated/α-hetero) is 1. The highest BCUT2D eigenvalue weighted by atomic mass is 16.4. The highest BCUT2D eigenvalue weighted by molar-refractivity contribution is 6.00. The third-order valence-corrected chi connectivity index (χ3v) is 3.43. The van der Waals surface area contributed by atoms with E-state index in [9.17, 15) is 14.7 Å². The molecule has 1 aromatic heterocycles. The number of rotatable bonds is 3. The maximum absolute atomic E-state index is 12.4. The second kappa shape index (κ2) is 5.33. The second-order valence-electron chi connectivity index (χ2n) is 4.80. The third kappa shape index (κ3) is 2.37. The fraction of sp³-hybridized carbons (Fsp3) is 0.250. The molecule has 0 fully saturated rings. The van der Waals surface area contributed by atoms with Crippen LogP contribution in [0.4, 0.5) is 0 Å². The zero-order valence-corrected chi connectivity index (χ0v) is 11.6. The summed E-state index contributed by atoms with van der Waals surface area (Å²) in [5, 5.41) is 9.90. The molecule has 0 amide bonds. The highest BCUT2D eigenvalue weighted by Crippen LogP contribution is 2.29. The van der Waals surface area contributed by atoms with E-state index in [4.69, 9.17) is 4.42 Å². The van der Waals surface area contributed by atoms with E-state index in [1.165, 1.54) is 6.92 Å². The van der Waals surface area contributed by atoms with Gasteiger partial charge in [-0.25, -0.2) is 4.79 Å². The molecule has 104 valence electrons. The molecule has 0 radical (unpaired) electrons. The first-order chi connectivity index (χ1) is 9.43. The van der Waals surface area contributed by atoms with Crippen molar-refractivity contribution in [2.75, 3.05) is 0 Å². The average molecular weight is 272 g/mol. The van der Waals surface area contributed by atoms with E-state index in [1.807, 2.05) is 6.07 Å². The SMILES string of the molecule is Cc1c(C(C)C(=O)c2ccccc2)oc(=O)c(C)c1O. The Balaban J connectivity index is 2.47. The summed E-state index contributed by atoms with van der Waals surface area (Å²) in [4.78, 5) is 24.0. The van der Waals surface area contributed by atoms with Crippen LogP contribution in [0.5, 0.6) is 5.75 Å². The van der Waals surface area contributed by atoms with Crippen molar-refractivity contribution in [1.29, 1.82) is 0 Å². The van der Waals surface area contributed by atoms with Crippen molar-refractivity contribution in [2.45, 2.75) is 26.7 Å². The molecular weight excluding hydrogens is 256 g/mol. The van der Waals surface area contributed by atoms with E-state index >= 15 is 0 Å². The van der Waals surface area contributed by atoms with Gasteiger partial charge < -0.3 is 9.52 Å². The molecule has 0 aliphatic rings. The van der Waals surface area contributed by atoms with E-state index in [2.05, 4.69) is 0 Å². The summed E-state index contributed by atoms with van der Waals surface area (Å²) in [6.07, 6.45) is 0. The van der Waals surface area contributed by atoms with Gasteiger partial charge in [0.05, 0.1) is 11.5 Å². The largest absolute Gasteiger partial charge is 0.507 e. The summed E-state index contributed by atoms with van der Waals surface area (Å²) >= 11 is 0. The number of hydrogen-bond donors (Lipinski definition) is 1. The van der Waals surface area contributed by atoms with Crippen LogP contribution in [0.25, 0.3) is 0 Å². The van der Waals surface area contributed by atoms with Crippen molar-refractivity contribution < 1.29 is 14.3 Å². The second-order valence-corrected chi connectivity index (χ2v) is 4.80. The lowest BCUT2D eigenvalue weighted by Crippen LogP contribution is -2.15. The van der Waals surface area contributed by atoms with Gasteiger partial charge in [0.1, 0.15) is 11.5 Å². The Morgan fingerprint density at radius 1 is 1.15 bits per heavy atom. The predicted molar refractivity (Wildman–Crippen MR) is 75.3 cm³/mol. The molecule has 1 aromatic carbocycles. The predicted octanol–water partition coefficient (Wildman–Crippen LogP) is 2.95. The van der Waals surface area contributed by atoms with Crippen molar-refractivity contribution >= 4 is 5.78 Å². The number of aromatic hydroxyl groups is 1. The van der Waals surface area contributed by atoms with Crippen LogP contribution in [0.3, 0.4) is 0 Å². The van der Waals surface area contributed by atoms with Crippen molar-refractivity contribution in [3.05, 3.63) is 63.2 Å². The molecule has 0 spiro atoms.